The highest BCUT2D eigenvalue weighted by Gasteiger charge is 2.16. The molecule has 2 N–H and O–H groups in total. The number of amides is 1. The van der Waals surface area contributed by atoms with E-state index < -0.39 is 5.91 Å². The maximum Gasteiger partial charge on any atom is 0.288 e. The number of halogens is 1. The van der Waals surface area contributed by atoms with Gasteiger partial charge >= 0.3 is 0 Å². The van der Waals surface area contributed by atoms with E-state index in [4.69, 9.17) is 17.3 Å². The summed E-state index contributed by atoms with van der Waals surface area (Å²) in [4.78, 5) is 15.6. The summed E-state index contributed by atoms with van der Waals surface area (Å²) < 4.78 is 1.60. The largest absolute Gasteiger partial charge is 0.363 e. The molecule has 3 aromatic rings. The first-order valence-electron chi connectivity index (χ1n) is 6.64. The highest BCUT2D eigenvalue weighted by atomic mass is 35.5. The second-order valence-electron chi connectivity index (χ2n) is 4.88. The van der Waals surface area contributed by atoms with Crippen LogP contribution in [-0.2, 0) is 0 Å². The Morgan fingerprint density at radius 2 is 1.73 bits per heavy atom. The van der Waals surface area contributed by atoms with Crippen LogP contribution in [0.2, 0.25) is 5.02 Å². The Bertz CT molecular complexity index is 759. The number of primary amides is 1. The highest BCUT2D eigenvalue weighted by molar-refractivity contribution is 6.30. The van der Waals surface area contributed by atoms with E-state index in [0.717, 1.165) is 16.8 Å². The summed E-state index contributed by atoms with van der Waals surface area (Å²) in [5.41, 5.74) is 8.03. The molecule has 6 heteroatoms. The minimum atomic E-state index is -0.666. The number of rotatable bonds is 3. The van der Waals surface area contributed by atoms with Crippen LogP contribution >= 0.6 is 11.6 Å². The van der Waals surface area contributed by atoms with Gasteiger partial charge in [-0.3, -0.25) is 4.79 Å². The normalized spacial score (nSPS) is 10.6. The fraction of sp³-hybridized carbons (Fsp3) is 0.0625. The number of hydrogen-bond donors (Lipinski definition) is 1. The predicted molar refractivity (Wildman–Crippen MR) is 85.1 cm³/mol. The molecule has 0 saturated carbocycles. The van der Waals surface area contributed by atoms with Gasteiger partial charge in [0.25, 0.3) is 5.91 Å². The first kappa shape index (κ1) is 14.3. The Kier molecular flexibility index (Phi) is 3.65. The molecule has 0 atom stereocenters. The molecule has 0 aliphatic rings. The Balaban J connectivity index is 2.17. The number of hydrogen-bond acceptors (Lipinski definition) is 3. The molecule has 110 valence electrons. The van der Waals surface area contributed by atoms with E-state index in [1.165, 1.54) is 0 Å². The summed E-state index contributed by atoms with van der Waals surface area (Å²) in [6.07, 6.45) is 0. The molecule has 0 aliphatic carbocycles. The van der Waals surface area contributed by atoms with E-state index in [0.29, 0.717) is 10.8 Å². The molecule has 0 spiro atoms. The van der Waals surface area contributed by atoms with Crippen molar-refractivity contribution in [3.63, 3.8) is 0 Å². The summed E-state index contributed by atoms with van der Waals surface area (Å²) in [6, 6.07) is 14.9. The second kappa shape index (κ2) is 5.61. The van der Waals surface area contributed by atoms with Crippen molar-refractivity contribution in [3.8, 4) is 17.1 Å². The van der Waals surface area contributed by atoms with Gasteiger partial charge < -0.3 is 5.73 Å². The zero-order valence-electron chi connectivity index (χ0n) is 11.8. The summed E-state index contributed by atoms with van der Waals surface area (Å²) in [7, 11) is 0. The fourth-order valence-electron chi connectivity index (χ4n) is 2.07. The van der Waals surface area contributed by atoms with Gasteiger partial charge in [-0.1, -0.05) is 29.3 Å². The molecule has 0 radical (unpaired) electrons. The molecule has 0 bridgehead atoms. The van der Waals surface area contributed by atoms with Crippen molar-refractivity contribution in [1.82, 2.24) is 14.8 Å². The maximum atomic E-state index is 11.4. The number of nitrogens with two attached hydrogens (primary N) is 1. The van der Waals surface area contributed by atoms with Gasteiger partial charge in [0.2, 0.25) is 5.82 Å². The van der Waals surface area contributed by atoms with E-state index in [9.17, 15) is 4.79 Å². The lowest BCUT2D eigenvalue weighted by atomic mass is 10.2. The third-order valence-electron chi connectivity index (χ3n) is 3.21. The second-order valence-corrected chi connectivity index (χ2v) is 5.31. The Morgan fingerprint density at radius 1 is 1.09 bits per heavy atom. The molecule has 0 fully saturated rings. The number of benzene rings is 2. The number of nitrogens with zero attached hydrogens (tertiary/aromatic N) is 3. The van der Waals surface area contributed by atoms with Crippen LogP contribution in [0.3, 0.4) is 0 Å². The molecular formula is C16H13ClN4O. The molecule has 3 rings (SSSR count). The van der Waals surface area contributed by atoms with Crippen molar-refractivity contribution in [3.05, 3.63) is 64.9 Å². The van der Waals surface area contributed by atoms with Crippen molar-refractivity contribution >= 4 is 17.5 Å². The molecule has 22 heavy (non-hydrogen) atoms. The highest BCUT2D eigenvalue weighted by Crippen LogP contribution is 2.23. The molecule has 1 aromatic heterocycles. The number of aryl methyl sites for hydroxylation is 1. The van der Waals surface area contributed by atoms with Crippen molar-refractivity contribution in [2.45, 2.75) is 6.92 Å². The topological polar surface area (TPSA) is 73.8 Å². The standard InChI is InChI=1S/C16H13ClN4O/c1-10-2-8-13(9-3-10)21-16(19-15(20-21)14(18)22)11-4-6-12(17)7-5-11/h2-9H,1H3,(H2,18,22). The van der Waals surface area contributed by atoms with Crippen molar-refractivity contribution < 1.29 is 4.79 Å². The van der Waals surface area contributed by atoms with Crippen LogP contribution in [0.4, 0.5) is 0 Å². The average Bonchev–Trinajstić information content (AvgIpc) is 2.94. The van der Waals surface area contributed by atoms with Gasteiger partial charge in [-0.05, 0) is 43.3 Å². The molecule has 5 nitrogen and oxygen atoms in total. The van der Waals surface area contributed by atoms with E-state index in [-0.39, 0.29) is 5.82 Å². The monoisotopic (exact) mass is 312 g/mol. The molecule has 0 saturated heterocycles. The molecule has 0 unspecified atom stereocenters. The van der Waals surface area contributed by atoms with Gasteiger partial charge in [0.1, 0.15) is 0 Å². The third kappa shape index (κ3) is 2.71. The van der Waals surface area contributed by atoms with E-state index in [1.54, 1.807) is 16.8 Å². The van der Waals surface area contributed by atoms with Gasteiger partial charge in [0.05, 0.1) is 5.69 Å². The number of carbonyl (C=O) groups is 1. The zero-order valence-corrected chi connectivity index (χ0v) is 12.6. The summed E-state index contributed by atoms with van der Waals surface area (Å²) in [5, 5.41) is 4.83. The van der Waals surface area contributed by atoms with Crippen LogP contribution in [0, 0.1) is 6.92 Å². The van der Waals surface area contributed by atoms with E-state index in [1.807, 2.05) is 43.3 Å². The van der Waals surface area contributed by atoms with Crippen LogP contribution in [0.1, 0.15) is 16.2 Å². The number of aromatic nitrogens is 3. The van der Waals surface area contributed by atoms with Crippen molar-refractivity contribution in [2.75, 3.05) is 0 Å². The molecule has 1 heterocycles. The van der Waals surface area contributed by atoms with Crippen molar-refractivity contribution in [2.24, 2.45) is 5.73 Å². The Labute approximate surface area is 132 Å². The average molecular weight is 313 g/mol. The zero-order chi connectivity index (χ0) is 15.7. The SMILES string of the molecule is Cc1ccc(-n2nc(C(N)=O)nc2-c2ccc(Cl)cc2)cc1. The fourth-order valence-corrected chi connectivity index (χ4v) is 2.19. The minimum absolute atomic E-state index is 0.0227. The van der Waals surface area contributed by atoms with Gasteiger partial charge in [0, 0.05) is 10.6 Å². The predicted octanol–water partition coefficient (Wildman–Crippen LogP) is 3.00. The lowest BCUT2D eigenvalue weighted by Crippen LogP contribution is -2.13. The van der Waals surface area contributed by atoms with Crippen LogP contribution in [0.15, 0.2) is 48.5 Å². The smallest absolute Gasteiger partial charge is 0.288 e. The van der Waals surface area contributed by atoms with E-state index in [2.05, 4.69) is 10.1 Å². The first-order chi connectivity index (χ1) is 10.5. The molecule has 1 amide bonds. The van der Waals surface area contributed by atoms with Crippen molar-refractivity contribution in [1.29, 1.82) is 0 Å². The van der Waals surface area contributed by atoms with Crippen LogP contribution in [0.25, 0.3) is 17.1 Å². The quantitative estimate of drug-likeness (QED) is 0.808. The van der Waals surface area contributed by atoms with Gasteiger partial charge in [-0.2, -0.15) is 0 Å². The van der Waals surface area contributed by atoms with E-state index >= 15 is 0 Å². The lowest BCUT2D eigenvalue weighted by Gasteiger charge is -2.06. The minimum Gasteiger partial charge on any atom is -0.363 e. The first-order valence-corrected chi connectivity index (χ1v) is 7.02. The van der Waals surface area contributed by atoms with Crippen LogP contribution < -0.4 is 5.73 Å². The Morgan fingerprint density at radius 3 is 2.32 bits per heavy atom. The number of carbonyl (C=O) groups excluding carboxylic acids is 1. The third-order valence-corrected chi connectivity index (χ3v) is 3.46. The molecule has 0 aliphatic heterocycles. The maximum absolute atomic E-state index is 11.4. The summed E-state index contributed by atoms with van der Waals surface area (Å²) in [6.45, 7) is 2.00. The van der Waals surface area contributed by atoms with Gasteiger partial charge in [-0.15, -0.1) is 5.10 Å². The van der Waals surface area contributed by atoms with Gasteiger partial charge in [0.15, 0.2) is 5.82 Å². The Hall–Kier alpha value is -2.66. The molecule has 2 aromatic carbocycles. The lowest BCUT2D eigenvalue weighted by molar-refractivity contribution is 0.0990. The molecular weight excluding hydrogens is 300 g/mol. The summed E-state index contributed by atoms with van der Waals surface area (Å²) >= 11 is 5.91. The van der Waals surface area contributed by atoms with Crippen LogP contribution in [-0.4, -0.2) is 20.7 Å². The van der Waals surface area contributed by atoms with Crippen LogP contribution in [0.5, 0.6) is 0 Å². The van der Waals surface area contributed by atoms with Gasteiger partial charge in [-0.25, -0.2) is 9.67 Å². The summed E-state index contributed by atoms with van der Waals surface area (Å²) in [5.74, 6) is -0.152.